The molecule has 1 aliphatic rings. The van der Waals surface area contributed by atoms with Crippen molar-refractivity contribution in [3.8, 4) is 5.75 Å². The highest BCUT2D eigenvalue weighted by molar-refractivity contribution is 5.78. The van der Waals surface area contributed by atoms with Crippen LogP contribution < -0.4 is 4.74 Å². The maximum atomic E-state index is 5.84. The molecule has 0 saturated heterocycles. The summed E-state index contributed by atoms with van der Waals surface area (Å²) in [4.78, 5) is 0. The summed E-state index contributed by atoms with van der Waals surface area (Å²) < 4.78 is 5.84. The first-order valence-corrected chi connectivity index (χ1v) is 7.31. The summed E-state index contributed by atoms with van der Waals surface area (Å²) in [5.41, 5.74) is 4.71. The minimum atomic E-state index is 0.637. The van der Waals surface area contributed by atoms with Gasteiger partial charge in [0.1, 0.15) is 5.75 Å². The minimum Gasteiger partial charge on any atom is -0.493 e. The molecule has 102 valence electrons. The smallest absolute Gasteiger partial charge is 0.123 e. The Labute approximate surface area is 120 Å². The number of rotatable bonds is 3. The second-order valence-corrected chi connectivity index (χ2v) is 5.34. The Balaban J connectivity index is 1.95. The van der Waals surface area contributed by atoms with Crippen molar-refractivity contribution in [1.82, 2.24) is 0 Å². The van der Waals surface area contributed by atoms with E-state index in [2.05, 4.69) is 43.8 Å². The van der Waals surface area contributed by atoms with Gasteiger partial charge in [-0.25, -0.2) is 0 Å². The largest absolute Gasteiger partial charge is 0.493 e. The van der Waals surface area contributed by atoms with Crippen molar-refractivity contribution < 1.29 is 4.74 Å². The third-order valence-corrected chi connectivity index (χ3v) is 4.14. The van der Waals surface area contributed by atoms with Crippen molar-refractivity contribution in [2.24, 2.45) is 0 Å². The molecule has 0 unspecified atom stereocenters. The van der Waals surface area contributed by atoms with Gasteiger partial charge < -0.3 is 4.74 Å². The van der Waals surface area contributed by atoms with E-state index in [9.17, 15) is 0 Å². The van der Waals surface area contributed by atoms with Crippen molar-refractivity contribution in [2.75, 3.05) is 6.61 Å². The van der Waals surface area contributed by atoms with Crippen LogP contribution in [-0.4, -0.2) is 6.61 Å². The number of benzene rings is 2. The quantitative estimate of drug-likeness (QED) is 0.756. The predicted octanol–water partition coefficient (Wildman–Crippen LogP) is 5.02. The highest BCUT2D eigenvalue weighted by Crippen LogP contribution is 2.37. The van der Waals surface area contributed by atoms with Crippen molar-refractivity contribution in [3.05, 3.63) is 71.8 Å². The third kappa shape index (κ3) is 2.36. The normalized spacial score (nSPS) is 17.1. The van der Waals surface area contributed by atoms with Gasteiger partial charge in [-0.2, -0.15) is 0 Å². The highest BCUT2D eigenvalue weighted by Gasteiger charge is 2.20. The molecule has 1 heterocycles. The second kappa shape index (κ2) is 5.54. The number of hydrogen-bond acceptors (Lipinski definition) is 1. The molecule has 0 spiro atoms. The first-order valence-electron chi connectivity index (χ1n) is 7.31. The van der Waals surface area contributed by atoms with E-state index in [0.29, 0.717) is 5.92 Å². The number of ether oxygens (including phenoxy) is 1. The summed E-state index contributed by atoms with van der Waals surface area (Å²) >= 11 is 0. The van der Waals surface area contributed by atoms with Gasteiger partial charge in [-0.1, -0.05) is 56.0 Å². The van der Waals surface area contributed by atoms with Gasteiger partial charge in [0.05, 0.1) is 6.61 Å². The average molecular weight is 264 g/mol. The number of hydrogen-bond donors (Lipinski definition) is 0. The van der Waals surface area contributed by atoms with Gasteiger partial charge in [0, 0.05) is 0 Å². The molecule has 1 heteroatoms. The van der Waals surface area contributed by atoms with Gasteiger partial charge >= 0.3 is 0 Å². The Bertz CT molecular complexity index is 613. The molecular weight excluding hydrogens is 244 g/mol. The summed E-state index contributed by atoms with van der Waals surface area (Å²) in [5, 5.41) is 0. The Morgan fingerprint density at radius 3 is 2.70 bits per heavy atom. The Morgan fingerprint density at radius 2 is 1.95 bits per heavy atom. The zero-order chi connectivity index (χ0) is 13.9. The Hall–Kier alpha value is -2.02. The fourth-order valence-corrected chi connectivity index (χ4v) is 2.88. The monoisotopic (exact) mass is 264 g/mol. The maximum absolute atomic E-state index is 5.84. The van der Waals surface area contributed by atoms with Crippen molar-refractivity contribution in [2.45, 2.75) is 25.7 Å². The van der Waals surface area contributed by atoms with E-state index in [1.54, 1.807) is 0 Å². The molecule has 0 aromatic heterocycles. The van der Waals surface area contributed by atoms with Gasteiger partial charge in [-0.15, -0.1) is 0 Å². The van der Waals surface area contributed by atoms with Crippen LogP contribution in [0.4, 0.5) is 0 Å². The Kier molecular flexibility index (Phi) is 3.60. The highest BCUT2D eigenvalue weighted by atomic mass is 16.5. The van der Waals surface area contributed by atoms with E-state index in [1.165, 1.54) is 12.0 Å². The summed E-state index contributed by atoms with van der Waals surface area (Å²) in [5.74, 6) is 1.68. The van der Waals surface area contributed by atoms with Crippen LogP contribution >= 0.6 is 0 Å². The van der Waals surface area contributed by atoms with E-state index in [0.717, 1.165) is 35.5 Å². The van der Waals surface area contributed by atoms with Crippen LogP contribution in [0.15, 0.2) is 55.1 Å². The zero-order valence-electron chi connectivity index (χ0n) is 11.9. The van der Waals surface area contributed by atoms with Crippen LogP contribution in [0.3, 0.4) is 0 Å². The lowest BCUT2D eigenvalue weighted by Crippen LogP contribution is -2.13. The minimum absolute atomic E-state index is 0.637. The Morgan fingerprint density at radius 1 is 1.15 bits per heavy atom. The fraction of sp³-hybridized carbons (Fsp3) is 0.263. The molecule has 0 fully saturated rings. The van der Waals surface area contributed by atoms with Crippen LogP contribution in [0.2, 0.25) is 0 Å². The van der Waals surface area contributed by atoms with E-state index in [-0.39, 0.29) is 0 Å². The van der Waals surface area contributed by atoms with Crippen molar-refractivity contribution in [3.63, 3.8) is 0 Å². The number of fused-ring (bicyclic) bond motifs is 1. The summed E-state index contributed by atoms with van der Waals surface area (Å²) in [6.07, 6.45) is 2.30. The van der Waals surface area contributed by atoms with Crippen molar-refractivity contribution >= 4 is 5.57 Å². The average Bonchev–Trinajstić information content (AvgIpc) is 2.53. The molecule has 0 aliphatic carbocycles. The molecule has 0 radical (unpaired) electrons. The van der Waals surface area contributed by atoms with Crippen LogP contribution in [0.5, 0.6) is 5.75 Å². The molecule has 1 atom stereocenters. The van der Waals surface area contributed by atoms with Gasteiger partial charge in [-0.05, 0) is 47.1 Å². The molecule has 0 amide bonds. The molecule has 3 rings (SSSR count). The van der Waals surface area contributed by atoms with Crippen molar-refractivity contribution in [1.29, 1.82) is 0 Å². The van der Waals surface area contributed by atoms with Crippen LogP contribution in [0.1, 0.15) is 42.4 Å². The third-order valence-electron chi connectivity index (χ3n) is 4.14. The summed E-state index contributed by atoms with van der Waals surface area (Å²) in [6.45, 7) is 7.30. The molecule has 20 heavy (non-hydrogen) atoms. The molecule has 1 aliphatic heterocycles. The van der Waals surface area contributed by atoms with Gasteiger partial charge in [0.2, 0.25) is 0 Å². The molecule has 1 nitrogen and oxygen atoms in total. The van der Waals surface area contributed by atoms with E-state index < -0.39 is 0 Å². The summed E-state index contributed by atoms with van der Waals surface area (Å²) in [7, 11) is 0. The molecule has 0 bridgehead atoms. The standard InChI is InChI=1S/C19H20O/c1-3-15-11-12-20-19-13-17(9-10-18(15)19)14(2)16-7-5-4-6-8-16/h4-10,13,15H,2-3,11-12H2,1H3/t15-/m1/s1. The van der Waals surface area contributed by atoms with Gasteiger partial charge in [0.15, 0.2) is 0 Å². The van der Waals surface area contributed by atoms with E-state index >= 15 is 0 Å². The predicted molar refractivity (Wildman–Crippen MR) is 84.2 cm³/mol. The topological polar surface area (TPSA) is 9.23 Å². The van der Waals surface area contributed by atoms with Crippen LogP contribution in [0, 0.1) is 0 Å². The first-order chi connectivity index (χ1) is 9.79. The maximum Gasteiger partial charge on any atom is 0.123 e. The molecule has 0 saturated carbocycles. The molecule has 0 N–H and O–H groups in total. The van der Waals surface area contributed by atoms with E-state index in [4.69, 9.17) is 4.74 Å². The lowest BCUT2D eigenvalue weighted by Gasteiger charge is -2.25. The molecule has 2 aromatic carbocycles. The summed E-state index contributed by atoms with van der Waals surface area (Å²) in [6, 6.07) is 16.8. The lowest BCUT2D eigenvalue weighted by atomic mass is 9.89. The zero-order valence-corrected chi connectivity index (χ0v) is 11.9. The SMILES string of the molecule is C=C(c1ccccc1)c1ccc2c(c1)OCC[C@H]2CC. The lowest BCUT2D eigenvalue weighted by molar-refractivity contribution is 0.265. The second-order valence-electron chi connectivity index (χ2n) is 5.34. The molecular formula is C19H20O. The fourth-order valence-electron chi connectivity index (χ4n) is 2.88. The van der Waals surface area contributed by atoms with Gasteiger partial charge in [0.25, 0.3) is 0 Å². The first kappa shape index (κ1) is 13.0. The van der Waals surface area contributed by atoms with Crippen LogP contribution in [0.25, 0.3) is 5.57 Å². The molecule has 2 aromatic rings. The van der Waals surface area contributed by atoms with E-state index in [1.807, 2.05) is 18.2 Å². The van der Waals surface area contributed by atoms with Gasteiger partial charge in [-0.3, -0.25) is 0 Å². The van der Waals surface area contributed by atoms with Crippen LogP contribution in [-0.2, 0) is 0 Å².